The van der Waals surface area contributed by atoms with E-state index in [1.165, 1.54) is 0 Å². The molecule has 0 saturated heterocycles. The lowest BCUT2D eigenvalue weighted by Crippen LogP contribution is -2.39. The van der Waals surface area contributed by atoms with Gasteiger partial charge in [-0.25, -0.2) is 4.99 Å². The SMILES string of the molecule is CCNC(=NCc1oc2ccccc2c1C)NCCOc1cccnc1.I. The molecule has 0 atom stereocenters. The lowest BCUT2D eigenvalue weighted by atomic mass is 10.1. The highest BCUT2D eigenvalue weighted by molar-refractivity contribution is 14.0. The monoisotopic (exact) mass is 480 g/mol. The maximum atomic E-state index is 5.92. The van der Waals surface area contributed by atoms with E-state index in [9.17, 15) is 0 Å². The molecule has 0 aliphatic heterocycles. The molecule has 0 unspecified atom stereocenters. The topological polar surface area (TPSA) is 71.7 Å². The molecule has 1 aromatic carbocycles. The standard InChI is InChI=1S/C20H24N4O2.HI/c1-3-22-20(23-11-12-25-16-7-6-10-21-13-16)24-14-19-15(2)17-8-4-5-9-18(17)26-19;/h4-10,13H,3,11-12,14H2,1-2H3,(H2,22,23,24);1H. The Bertz CT molecular complexity index is 865. The molecular formula is C20H25IN4O2. The predicted octanol–water partition coefficient (Wildman–Crippen LogP) is 3.89. The maximum absolute atomic E-state index is 5.92. The van der Waals surface area contributed by atoms with E-state index in [2.05, 4.69) is 33.6 Å². The molecule has 0 radical (unpaired) electrons. The van der Waals surface area contributed by atoms with Crippen molar-refractivity contribution in [2.24, 2.45) is 4.99 Å². The van der Waals surface area contributed by atoms with Gasteiger partial charge in [-0.1, -0.05) is 18.2 Å². The molecule has 3 rings (SSSR count). The summed E-state index contributed by atoms with van der Waals surface area (Å²) in [5.74, 6) is 2.38. The number of para-hydroxylation sites is 1. The number of furan rings is 1. The lowest BCUT2D eigenvalue weighted by Gasteiger charge is -2.11. The third-order valence-corrected chi connectivity index (χ3v) is 3.97. The van der Waals surface area contributed by atoms with Crippen LogP contribution in [0.4, 0.5) is 0 Å². The molecule has 0 bridgehead atoms. The van der Waals surface area contributed by atoms with Crippen LogP contribution in [0.25, 0.3) is 11.0 Å². The molecule has 2 aromatic heterocycles. The summed E-state index contributed by atoms with van der Waals surface area (Å²) in [6.45, 7) is 6.54. The van der Waals surface area contributed by atoms with E-state index in [0.717, 1.165) is 40.5 Å². The van der Waals surface area contributed by atoms with Crippen molar-refractivity contribution in [3.05, 3.63) is 60.1 Å². The number of rotatable bonds is 7. The summed E-state index contributed by atoms with van der Waals surface area (Å²) in [5.41, 5.74) is 2.04. The summed E-state index contributed by atoms with van der Waals surface area (Å²) in [6.07, 6.45) is 3.42. The van der Waals surface area contributed by atoms with E-state index >= 15 is 0 Å². The van der Waals surface area contributed by atoms with E-state index in [4.69, 9.17) is 9.15 Å². The van der Waals surface area contributed by atoms with Gasteiger partial charge in [0.1, 0.15) is 30.2 Å². The van der Waals surface area contributed by atoms with Gasteiger partial charge in [0.2, 0.25) is 0 Å². The van der Waals surface area contributed by atoms with Crippen LogP contribution in [0.1, 0.15) is 18.2 Å². The van der Waals surface area contributed by atoms with Crippen LogP contribution in [0, 0.1) is 6.92 Å². The number of pyridine rings is 1. The van der Waals surface area contributed by atoms with Crippen LogP contribution in [-0.4, -0.2) is 30.6 Å². The molecule has 6 nitrogen and oxygen atoms in total. The summed E-state index contributed by atoms with van der Waals surface area (Å²) < 4.78 is 11.5. The number of aryl methyl sites for hydroxylation is 1. The summed E-state index contributed by atoms with van der Waals surface area (Å²) in [7, 11) is 0. The first-order valence-corrected chi connectivity index (χ1v) is 8.80. The van der Waals surface area contributed by atoms with Crippen LogP contribution in [0.2, 0.25) is 0 Å². The number of fused-ring (bicyclic) bond motifs is 1. The number of hydrogen-bond acceptors (Lipinski definition) is 4. The molecular weight excluding hydrogens is 455 g/mol. The number of aromatic nitrogens is 1. The van der Waals surface area contributed by atoms with E-state index in [-0.39, 0.29) is 24.0 Å². The molecule has 27 heavy (non-hydrogen) atoms. The smallest absolute Gasteiger partial charge is 0.191 e. The van der Waals surface area contributed by atoms with Crippen molar-refractivity contribution in [3.8, 4) is 5.75 Å². The minimum absolute atomic E-state index is 0. The molecule has 0 spiro atoms. The van der Waals surface area contributed by atoms with Crippen molar-refractivity contribution in [1.82, 2.24) is 15.6 Å². The van der Waals surface area contributed by atoms with Gasteiger partial charge in [-0.2, -0.15) is 0 Å². The molecule has 144 valence electrons. The fourth-order valence-electron chi connectivity index (χ4n) is 2.64. The van der Waals surface area contributed by atoms with Gasteiger partial charge in [-0.15, -0.1) is 24.0 Å². The molecule has 3 aromatic rings. The second-order valence-electron chi connectivity index (χ2n) is 5.81. The number of guanidine groups is 1. The first-order chi connectivity index (χ1) is 12.8. The third-order valence-electron chi connectivity index (χ3n) is 3.97. The van der Waals surface area contributed by atoms with Gasteiger partial charge < -0.3 is 19.8 Å². The first kappa shape index (κ1) is 21.0. The van der Waals surface area contributed by atoms with Crippen LogP contribution >= 0.6 is 24.0 Å². The molecule has 2 heterocycles. The maximum Gasteiger partial charge on any atom is 0.191 e. The zero-order valence-electron chi connectivity index (χ0n) is 15.6. The Morgan fingerprint density at radius 2 is 2.04 bits per heavy atom. The van der Waals surface area contributed by atoms with Crippen molar-refractivity contribution in [2.75, 3.05) is 19.7 Å². The second-order valence-corrected chi connectivity index (χ2v) is 5.81. The summed E-state index contributed by atoms with van der Waals surface area (Å²) in [5, 5.41) is 7.64. The minimum Gasteiger partial charge on any atom is -0.490 e. The third kappa shape index (κ3) is 5.85. The largest absolute Gasteiger partial charge is 0.490 e. The Morgan fingerprint density at radius 3 is 2.78 bits per heavy atom. The fourth-order valence-corrected chi connectivity index (χ4v) is 2.64. The number of hydrogen-bond donors (Lipinski definition) is 2. The zero-order chi connectivity index (χ0) is 18.2. The van der Waals surface area contributed by atoms with Crippen molar-refractivity contribution >= 4 is 40.9 Å². The quantitative estimate of drug-likeness (QED) is 0.233. The molecule has 0 aliphatic carbocycles. The highest BCUT2D eigenvalue weighted by Gasteiger charge is 2.09. The number of aliphatic imine (C=N–C) groups is 1. The average Bonchev–Trinajstić information content (AvgIpc) is 3.00. The van der Waals surface area contributed by atoms with Gasteiger partial charge >= 0.3 is 0 Å². The van der Waals surface area contributed by atoms with Crippen LogP contribution in [0.3, 0.4) is 0 Å². The molecule has 0 amide bonds. The summed E-state index contributed by atoms with van der Waals surface area (Å²) >= 11 is 0. The highest BCUT2D eigenvalue weighted by Crippen LogP contribution is 2.25. The molecule has 7 heteroatoms. The first-order valence-electron chi connectivity index (χ1n) is 8.80. The Labute approximate surface area is 176 Å². The van der Waals surface area contributed by atoms with E-state index in [1.807, 2.05) is 37.3 Å². The lowest BCUT2D eigenvalue weighted by molar-refractivity contribution is 0.320. The fraction of sp³-hybridized carbons (Fsp3) is 0.300. The second kappa shape index (κ2) is 10.8. The molecule has 0 aliphatic rings. The van der Waals surface area contributed by atoms with Crippen molar-refractivity contribution < 1.29 is 9.15 Å². The highest BCUT2D eigenvalue weighted by atomic mass is 127. The normalized spacial score (nSPS) is 11.1. The minimum atomic E-state index is 0. The van der Waals surface area contributed by atoms with Gasteiger partial charge in [-0.3, -0.25) is 4.98 Å². The molecule has 0 saturated carbocycles. The van der Waals surface area contributed by atoms with Gasteiger partial charge in [0.05, 0.1) is 12.7 Å². The van der Waals surface area contributed by atoms with E-state index in [1.54, 1.807) is 12.4 Å². The summed E-state index contributed by atoms with van der Waals surface area (Å²) in [4.78, 5) is 8.64. The Kier molecular flexibility index (Phi) is 8.38. The molecule has 2 N–H and O–H groups in total. The number of nitrogens with zero attached hydrogens (tertiary/aromatic N) is 2. The average molecular weight is 480 g/mol. The predicted molar refractivity (Wildman–Crippen MR) is 119 cm³/mol. The van der Waals surface area contributed by atoms with Gasteiger partial charge in [0.15, 0.2) is 5.96 Å². The van der Waals surface area contributed by atoms with Crippen molar-refractivity contribution in [2.45, 2.75) is 20.4 Å². The number of nitrogens with one attached hydrogen (secondary N) is 2. The van der Waals surface area contributed by atoms with Crippen molar-refractivity contribution in [3.63, 3.8) is 0 Å². The Hall–Kier alpha value is -2.29. The number of ether oxygens (including phenoxy) is 1. The zero-order valence-corrected chi connectivity index (χ0v) is 17.9. The summed E-state index contributed by atoms with van der Waals surface area (Å²) in [6, 6.07) is 11.8. The van der Waals surface area contributed by atoms with Gasteiger partial charge in [0, 0.05) is 23.7 Å². The Balaban J connectivity index is 0.00000261. The number of benzene rings is 1. The Morgan fingerprint density at radius 1 is 1.19 bits per heavy atom. The van der Waals surface area contributed by atoms with Gasteiger partial charge in [0.25, 0.3) is 0 Å². The number of halogens is 1. The van der Waals surface area contributed by atoms with Crippen molar-refractivity contribution in [1.29, 1.82) is 0 Å². The van der Waals surface area contributed by atoms with Crippen LogP contribution in [0.15, 0.2) is 58.2 Å². The van der Waals surface area contributed by atoms with Crippen LogP contribution < -0.4 is 15.4 Å². The van der Waals surface area contributed by atoms with Crippen LogP contribution in [0.5, 0.6) is 5.75 Å². The van der Waals surface area contributed by atoms with E-state index in [0.29, 0.717) is 19.7 Å². The van der Waals surface area contributed by atoms with Crippen LogP contribution in [-0.2, 0) is 6.54 Å². The van der Waals surface area contributed by atoms with E-state index < -0.39 is 0 Å². The van der Waals surface area contributed by atoms with Gasteiger partial charge in [-0.05, 0) is 32.0 Å². The molecule has 0 fully saturated rings.